The van der Waals surface area contributed by atoms with Gasteiger partial charge in [0.15, 0.2) is 6.29 Å². The number of carbonyl (C=O) groups excluding carboxylic acids is 1. The zero-order valence-electron chi connectivity index (χ0n) is 7.73. The summed E-state index contributed by atoms with van der Waals surface area (Å²) in [4.78, 5) is 13.3. The normalized spacial score (nSPS) is 10.0. The van der Waals surface area contributed by atoms with E-state index in [1.807, 2.05) is 30.5 Å². The summed E-state index contributed by atoms with van der Waals surface area (Å²) in [6, 6.07) is 12.1. The Morgan fingerprint density at radius 3 is 2.57 bits per heavy atom. The predicted molar refractivity (Wildman–Crippen MR) is 55.4 cm³/mol. The van der Waals surface area contributed by atoms with Crippen LogP contribution in [0.25, 0.3) is 0 Å². The third-order valence-electron chi connectivity index (χ3n) is 2.14. The molecule has 0 amide bonds. The van der Waals surface area contributed by atoms with Gasteiger partial charge in [-0.25, -0.2) is 0 Å². The molecule has 0 aliphatic rings. The lowest BCUT2D eigenvalue weighted by Crippen LogP contribution is -1.83. The molecule has 0 saturated carbocycles. The largest absolute Gasteiger partial charge is 0.359 e. The lowest BCUT2D eigenvalue weighted by atomic mass is 10.1. The molecule has 2 heteroatoms. The van der Waals surface area contributed by atoms with E-state index in [0.29, 0.717) is 5.69 Å². The van der Waals surface area contributed by atoms with Gasteiger partial charge in [-0.1, -0.05) is 30.3 Å². The Hall–Kier alpha value is -1.83. The van der Waals surface area contributed by atoms with Gasteiger partial charge >= 0.3 is 0 Å². The molecule has 1 N–H and O–H groups in total. The standard InChI is InChI=1S/C12H11NO/c14-9-12-7-11(8-13-12)6-10-4-2-1-3-5-10/h1-5,7-9,13H,6H2. The quantitative estimate of drug-likeness (QED) is 0.732. The minimum absolute atomic E-state index is 0.635. The van der Waals surface area contributed by atoms with Crippen molar-refractivity contribution in [2.75, 3.05) is 0 Å². The van der Waals surface area contributed by atoms with Crippen LogP contribution in [0.4, 0.5) is 0 Å². The number of aromatic amines is 1. The van der Waals surface area contributed by atoms with Crippen molar-refractivity contribution >= 4 is 6.29 Å². The minimum Gasteiger partial charge on any atom is -0.359 e. The van der Waals surface area contributed by atoms with E-state index in [4.69, 9.17) is 0 Å². The van der Waals surface area contributed by atoms with Gasteiger partial charge in [0.05, 0.1) is 5.69 Å². The van der Waals surface area contributed by atoms with E-state index in [0.717, 1.165) is 18.3 Å². The minimum atomic E-state index is 0.635. The maximum Gasteiger partial charge on any atom is 0.166 e. The molecule has 0 saturated heterocycles. The number of carbonyl (C=O) groups is 1. The van der Waals surface area contributed by atoms with Crippen molar-refractivity contribution in [2.45, 2.75) is 6.42 Å². The van der Waals surface area contributed by atoms with Crippen molar-refractivity contribution < 1.29 is 4.79 Å². The third-order valence-corrected chi connectivity index (χ3v) is 2.14. The molecule has 2 aromatic rings. The summed E-state index contributed by atoms with van der Waals surface area (Å²) in [7, 11) is 0. The second kappa shape index (κ2) is 3.92. The number of aromatic nitrogens is 1. The summed E-state index contributed by atoms with van der Waals surface area (Å²) in [5.74, 6) is 0. The van der Waals surface area contributed by atoms with E-state index in [1.54, 1.807) is 0 Å². The second-order valence-electron chi connectivity index (χ2n) is 3.24. The van der Waals surface area contributed by atoms with E-state index in [9.17, 15) is 4.79 Å². The topological polar surface area (TPSA) is 32.9 Å². The average molecular weight is 185 g/mol. The van der Waals surface area contributed by atoms with Crippen LogP contribution in [0.15, 0.2) is 42.6 Å². The zero-order chi connectivity index (χ0) is 9.80. The fourth-order valence-electron chi connectivity index (χ4n) is 1.46. The number of aldehydes is 1. The van der Waals surface area contributed by atoms with Gasteiger partial charge < -0.3 is 4.98 Å². The Labute approximate surface area is 82.6 Å². The molecule has 0 aliphatic carbocycles. The van der Waals surface area contributed by atoms with Crippen LogP contribution < -0.4 is 0 Å². The Morgan fingerprint density at radius 1 is 1.14 bits per heavy atom. The fourth-order valence-corrected chi connectivity index (χ4v) is 1.46. The molecule has 0 bridgehead atoms. The molecule has 1 aromatic heterocycles. The monoisotopic (exact) mass is 185 g/mol. The number of nitrogens with one attached hydrogen (secondary N) is 1. The molecule has 2 nitrogen and oxygen atoms in total. The number of rotatable bonds is 3. The smallest absolute Gasteiger partial charge is 0.166 e. The van der Waals surface area contributed by atoms with Gasteiger partial charge in [0, 0.05) is 6.20 Å². The third kappa shape index (κ3) is 1.91. The van der Waals surface area contributed by atoms with Gasteiger partial charge in [0.25, 0.3) is 0 Å². The van der Waals surface area contributed by atoms with E-state index in [2.05, 4.69) is 17.1 Å². The maximum absolute atomic E-state index is 10.4. The zero-order valence-corrected chi connectivity index (χ0v) is 7.73. The highest BCUT2D eigenvalue weighted by molar-refractivity contribution is 5.72. The van der Waals surface area contributed by atoms with Crippen LogP contribution in [0.1, 0.15) is 21.6 Å². The van der Waals surface area contributed by atoms with Crippen LogP contribution in [0.5, 0.6) is 0 Å². The van der Waals surface area contributed by atoms with Crippen LogP contribution in [0.2, 0.25) is 0 Å². The molecule has 1 heterocycles. The second-order valence-corrected chi connectivity index (χ2v) is 3.24. The van der Waals surface area contributed by atoms with Crippen molar-refractivity contribution in [1.82, 2.24) is 4.98 Å². The summed E-state index contributed by atoms with van der Waals surface area (Å²) < 4.78 is 0. The van der Waals surface area contributed by atoms with Crippen molar-refractivity contribution in [1.29, 1.82) is 0 Å². The highest BCUT2D eigenvalue weighted by Crippen LogP contribution is 2.09. The van der Waals surface area contributed by atoms with Gasteiger partial charge in [-0.2, -0.15) is 0 Å². The first-order valence-electron chi connectivity index (χ1n) is 4.55. The van der Waals surface area contributed by atoms with Gasteiger partial charge in [0.2, 0.25) is 0 Å². The van der Waals surface area contributed by atoms with E-state index in [1.165, 1.54) is 5.56 Å². The van der Waals surface area contributed by atoms with Gasteiger partial charge in [0.1, 0.15) is 0 Å². The molecule has 0 radical (unpaired) electrons. The molecular formula is C12H11NO. The first-order chi connectivity index (χ1) is 6.88. The van der Waals surface area contributed by atoms with Gasteiger partial charge in [-0.15, -0.1) is 0 Å². The van der Waals surface area contributed by atoms with Crippen LogP contribution in [-0.2, 0) is 6.42 Å². The maximum atomic E-state index is 10.4. The molecule has 0 aliphatic heterocycles. The van der Waals surface area contributed by atoms with Gasteiger partial charge in [-0.05, 0) is 23.6 Å². The average Bonchev–Trinajstić information content (AvgIpc) is 2.67. The first-order valence-corrected chi connectivity index (χ1v) is 4.55. The summed E-state index contributed by atoms with van der Waals surface area (Å²) in [5.41, 5.74) is 3.03. The summed E-state index contributed by atoms with van der Waals surface area (Å²) in [6.07, 6.45) is 3.57. The van der Waals surface area contributed by atoms with Crippen molar-refractivity contribution in [3.05, 3.63) is 59.4 Å². The molecule has 0 spiro atoms. The number of hydrogen-bond acceptors (Lipinski definition) is 1. The highest BCUT2D eigenvalue weighted by atomic mass is 16.1. The molecule has 0 unspecified atom stereocenters. The molecule has 70 valence electrons. The molecular weight excluding hydrogens is 174 g/mol. The Morgan fingerprint density at radius 2 is 1.93 bits per heavy atom. The molecule has 14 heavy (non-hydrogen) atoms. The van der Waals surface area contributed by atoms with Crippen molar-refractivity contribution in [3.63, 3.8) is 0 Å². The Bertz CT molecular complexity index is 417. The number of benzene rings is 1. The predicted octanol–water partition coefficient (Wildman–Crippen LogP) is 2.42. The van der Waals surface area contributed by atoms with Crippen LogP contribution in [0, 0.1) is 0 Å². The lowest BCUT2D eigenvalue weighted by molar-refractivity contribution is 0.111. The molecule has 0 fully saturated rings. The summed E-state index contributed by atoms with van der Waals surface area (Å²) in [5, 5.41) is 0. The molecule has 2 rings (SSSR count). The van der Waals surface area contributed by atoms with Crippen molar-refractivity contribution in [2.24, 2.45) is 0 Å². The summed E-state index contributed by atoms with van der Waals surface area (Å²) >= 11 is 0. The van der Waals surface area contributed by atoms with Crippen LogP contribution >= 0.6 is 0 Å². The number of H-pyrrole nitrogens is 1. The fraction of sp³-hybridized carbons (Fsp3) is 0.0833. The van der Waals surface area contributed by atoms with E-state index in [-0.39, 0.29) is 0 Å². The van der Waals surface area contributed by atoms with E-state index >= 15 is 0 Å². The Balaban J connectivity index is 2.15. The first kappa shape index (κ1) is 8.75. The lowest BCUT2D eigenvalue weighted by Gasteiger charge is -1.96. The Kier molecular flexibility index (Phi) is 2.45. The number of hydrogen-bond donors (Lipinski definition) is 1. The molecule has 1 aromatic carbocycles. The van der Waals surface area contributed by atoms with Crippen LogP contribution in [-0.4, -0.2) is 11.3 Å². The molecule has 0 atom stereocenters. The SMILES string of the molecule is O=Cc1cc(Cc2ccccc2)c[nH]1. The van der Waals surface area contributed by atoms with Crippen molar-refractivity contribution in [3.8, 4) is 0 Å². The van der Waals surface area contributed by atoms with Gasteiger partial charge in [-0.3, -0.25) is 4.79 Å². The highest BCUT2D eigenvalue weighted by Gasteiger charge is 1.98. The van der Waals surface area contributed by atoms with Crippen LogP contribution in [0.3, 0.4) is 0 Å². The van der Waals surface area contributed by atoms with E-state index < -0.39 is 0 Å². The summed E-state index contributed by atoms with van der Waals surface area (Å²) in [6.45, 7) is 0.